The van der Waals surface area contributed by atoms with Crippen molar-refractivity contribution in [1.82, 2.24) is 4.98 Å². The van der Waals surface area contributed by atoms with Crippen LogP contribution in [0.4, 0.5) is 10.2 Å². The number of nitrogens with zero attached hydrogens (tertiary/aromatic N) is 2. The second-order valence-electron chi connectivity index (χ2n) is 5.49. The maximum Gasteiger partial charge on any atom is 0.132 e. The minimum atomic E-state index is -0.270. The lowest BCUT2D eigenvalue weighted by Gasteiger charge is -2.32. The highest BCUT2D eigenvalue weighted by Gasteiger charge is 2.18. The molecule has 1 aliphatic heterocycles. The number of halogens is 1. The lowest BCUT2D eigenvalue weighted by molar-refractivity contribution is 0.0529. The van der Waals surface area contributed by atoms with E-state index in [2.05, 4.69) is 9.88 Å². The molecule has 3 rings (SSSR count). The molecule has 2 heterocycles. The van der Waals surface area contributed by atoms with Crippen LogP contribution in [0.3, 0.4) is 0 Å². The van der Waals surface area contributed by atoms with Crippen molar-refractivity contribution in [2.45, 2.75) is 61.5 Å². The molecule has 1 unspecified atom stereocenters. The number of hydrogen-bond donors (Lipinski definition) is 0. The Balaban J connectivity index is 0.00000111. The van der Waals surface area contributed by atoms with Crippen molar-refractivity contribution in [1.29, 1.82) is 0 Å². The average Bonchev–Trinajstić information content (AvgIpc) is 2.75. The number of morpholine rings is 1. The Labute approximate surface area is 170 Å². The molecule has 2 aromatic rings. The molecule has 5 heteroatoms. The summed E-state index contributed by atoms with van der Waals surface area (Å²) in [6.07, 6.45) is 1.89. The monoisotopic (exact) mass is 392 g/mol. The topological polar surface area (TPSA) is 34.6 Å². The Kier molecular flexibility index (Phi) is 13.7. The number of anilines is 1. The van der Waals surface area contributed by atoms with Crippen molar-refractivity contribution < 1.29 is 13.9 Å². The number of aromatic nitrogens is 1. The van der Waals surface area contributed by atoms with Crippen LogP contribution in [-0.4, -0.2) is 30.8 Å². The van der Waals surface area contributed by atoms with E-state index in [0.29, 0.717) is 23.7 Å². The van der Waals surface area contributed by atoms with Crippen LogP contribution in [0.1, 0.15) is 54.0 Å². The van der Waals surface area contributed by atoms with Gasteiger partial charge in [-0.3, -0.25) is 0 Å². The van der Waals surface area contributed by atoms with E-state index in [4.69, 9.17) is 9.47 Å². The van der Waals surface area contributed by atoms with Gasteiger partial charge in [0.15, 0.2) is 0 Å². The van der Waals surface area contributed by atoms with E-state index in [0.717, 1.165) is 18.9 Å². The molecule has 1 aromatic heterocycles. The summed E-state index contributed by atoms with van der Waals surface area (Å²) in [4.78, 5) is 6.55. The fourth-order valence-electron chi connectivity index (χ4n) is 2.44. The van der Waals surface area contributed by atoms with Crippen molar-refractivity contribution in [3.05, 3.63) is 47.9 Å². The largest absolute Gasteiger partial charge is 0.457 e. The number of rotatable bonds is 3. The Morgan fingerprint density at radius 1 is 1.04 bits per heavy atom. The predicted octanol–water partition coefficient (Wildman–Crippen LogP) is 6.63. The Hall–Kier alpha value is -2.14. The van der Waals surface area contributed by atoms with Crippen molar-refractivity contribution in [2.75, 3.05) is 24.6 Å². The van der Waals surface area contributed by atoms with Gasteiger partial charge in [-0.1, -0.05) is 47.6 Å². The van der Waals surface area contributed by atoms with Crippen LogP contribution in [0, 0.1) is 12.7 Å². The zero-order valence-electron chi connectivity index (χ0n) is 18.8. The summed E-state index contributed by atoms with van der Waals surface area (Å²) in [5.74, 6) is 1.71. The summed E-state index contributed by atoms with van der Waals surface area (Å²) in [5, 5.41) is 0. The number of hydrogen-bond acceptors (Lipinski definition) is 4. The number of ether oxygens (including phenoxy) is 2. The van der Waals surface area contributed by atoms with Crippen LogP contribution >= 0.6 is 0 Å². The summed E-state index contributed by atoms with van der Waals surface area (Å²) in [6, 6.07) is 8.50. The second-order valence-corrected chi connectivity index (χ2v) is 5.49. The number of aryl methyl sites for hydroxylation is 1. The molecule has 0 N–H and O–H groups in total. The molecule has 1 saturated heterocycles. The molecule has 0 radical (unpaired) electrons. The summed E-state index contributed by atoms with van der Waals surface area (Å²) >= 11 is 0. The molecule has 1 fully saturated rings. The zero-order chi connectivity index (χ0) is 21.5. The third-order valence-corrected chi connectivity index (χ3v) is 3.66. The van der Waals surface area contributed by atoms with E-state index in [1.165, 1.54) is 6.07 Å². The Morgan fingerprint density at radius 3 is 2.29 bits per heavy atom. The minimum absolute atomic E-state index is 0.186. The SMILES string of the molecule is CC.CC.CC.Cc1ccc(Oc2ccnc(N3CCOC(C)C3)c2)cc1F. The van der Waals surface area contributed by atoms with Crippen LogP contribution in [0.15, 0.2) is 36.5 Å². The predicted molar refractivity (Wildman–Crippen MR) is 117 cm³/mol. The van der Waals surface area contributed by atoms with Crippen LogP contribution < -0.4 is 9.64 Å². The van der Waals surface area contributed by atoms with Crippen molar-refractivity contribution in [3.8, 4) is 11.5 Å². The van der Waals surface area contributed by atoms with Crippen molar-refractivity contribution in [2.24, 2.45) is 0 Å². The van der Waals surface area contributed by atoms with Gasteiger partial charge in [0.25, 0.3) is 0 Å². The standard InChI is InChI=1S/C17H19FN2O2.3C2H6/c1-12-3-4-14(9-16(12)18)22-15-5-6-19-17(10-15)20-7-8-21-13(2)11-20;3*1-2/h3-6,9-10,13H,7-8,11H2,1-2H3;3*1-2H3. The van der Waals surface area contributed by atoms with Gasteiger partial charge in [0.2, 0.25) is 0 Å². The van der Waals surface area contributed by atoms with Crippen LogP contribution in [-0.2, 0) is 4.74 Å². The van der Waals surface area contributed by atoms with Gasteiger partial charge in [0.1, 0.15) is 23.1 Å². The van der Waals surface area contributed by atoms with E-state index in [1.54, 1.807) is 31.3 Å². The smallest absolute Gasteiger partial charge is 0.132 e. The third-order valence-electron chi connectivity index (χ3n) is 3.66. The summed E-state index contributed by atoms with van der Waals surface area (Å²) < 4.78 is 24.9. The van der Waals surface area contributed by atoms with Gasteiger partial charge in [-0.2, -0.15) is 0 Å². The van der Waals surface area contributed by atoms with Crippen LogP contribution in [0.25, 0.3) is 0 Å². The molecule has 0 aliphatic carbocycles. The molecule has 158 valence electrons. The Morgan fingerprint density at radius 2 is 1.68 bits per heavy atom. The normalized spacial score (nSPS) is 15.0. The van der Waals surface area contributed by atoms with E-state index in [-0.39, 0.29) is 11.9 Å². The molecule has 1 aliphatic rings. The molecular weight excluding hydrogens is 355 g/mol. The first-order chi connectivity index (χ1) is 13.6. The molecule has 0 spiro atoms. The second kappa shape index (κ2) is 14.9. The maximum atomic E-state index is 13.6. The van der Waals surface area contributed by atoms with Crippen molar-refractivity contribution in [3.63, 3.8) is 0 Å². The van der Waals surface area contributed by atoms with E-state index in [9.17, 15) is 4.39 Å². The van der Waals surface area contributed by atoms with Gasteiger partial charge in [0.05, 0.1) is 12.7 Å². The van der Waals surface area contributed by atoms with Crippen LogP contribution in [0.2, 0.25) is 0 Å². The van der Waals surface area contributed by atoms with Gasteiger partial charge in [-0.05, 0) is 31.5 Å². The number of pyridine rings is 1. The van der Waals surface area contributed by atoms with Gasteiger partial charge in [-0.15, -0.1) is 0 Å². The Bertz CT molecular complexity index is 665. The van der Waals surface area contributed by atoms with Crippen molar-refractivity contribution >= 4 is 5.82 Å². The molecule has 1 aromatic carbocycles. The highest BCUT2D eigenvalue weighted by molar-refractivity contribution is 5.45. The van der Waals surface area contributed by atoms with Gasteiger partial charge < -0.3 is 14.4 Å². The zero-order valence-corrected chi connectivity index (χ0v) is 18.8. The summed E-state index contributed by atoms with van der Waals surface area (Å²) in [5.41, 5.74) is 0.602. The average molecular weight is 393 g/mol. The van der Waals surface area contributed by atoms with Gasteiger partial charge in [0, 0.05) is 31.4 Å². The lowest BCUT2D eigenvalue weighted by atomic mass is 10.2. The van der Waals surface area contributed by atoms with Gasteiger partial charge in [-0.25, -0.2) is 9.37 Å². The molecule has 4 nitrogen and oxygen atoms in total. The first-order valence-corrected chi connectivity index (χ1v) is 10.4. The highest BCUT2D eigenvalue weighted by atomic mass is 19.1. The molecular formula is C23H37FN2O2. The van der Waals surface area contributed by atoms with E-state index >= 15 is 0 Å². The molecule has 1 atom stereocenters. The van der Waals surface area contributed by atoms with Gasteiger partial charge >= 0.3 is 0 Å². The molecule has 0 bridgehead atoms. The lowest BCUT2D eigenvalue weighted by Crippen LogP contribution is -2.41. The fraction of sp³-hybridized carbons (Fsp3) is 0.522. The highest BCUT2D eigenvalue weighted by Crippen LogP contribution is 2.26. The maximum absolute atomic E-state index is 13.6. The van der Waals surface area contributed by atoms with E-state index < -0.39 is 0 Å². The molecule has 0 amide bonds. The van der Waals surface area contributed by atoms with Crippen LogP contribution in [0.5, 0.6) is 11.5 Å². The molecule has 28 heavy (non-hydrogen) atoms. The fourth-order valence-corrected chi connectivity index (χ4v) is 2.44. The minimum Gasteiger partial charge on any atom is -0.457 e. The van der Waals surface area contributed by atoms with E-state index in [1.807, 2.05) is 54.5 Å². The summed E-state index contributed by atoms with van der Waals surface area (Å²) in [6.45, 7) is 18.1. The molecule has 0 saturated carbocycles. The third kappa shape index (κ3) is 8.26. The summed E-state index contributed by atoms with van der Waals surface area (Å²) in [7, 11) is 0. The first-order valence-electron chi connectivity index (χ1n) is 10.4. The number of benzene rings is 1. The first kappa shape index (κ1) is 25.9. The quantitative estimate of drug-likeness (QED) is 0.587.